The molecular weight excluding hydrogens is 360 g/mol. The highest BCUT2D eigenvalue weighted by Gasteiger charge is 2.25. The number of sulfonamides is 1. The Morgan fingerprint density at radius 1 is 1.15 bits per heavy atom. The zero-order chi connectivity index (χ0) is 19.1. The number of nitrogens with one attached hydrogen (secondary N) is 1. The van der Waals surface area contributed by atoms with E-state index < -0.39 is 21.9 Å². The maximum atomic E-state index is 12.7. The van der Waals surface area contributed by atoms with Crippen molar-refractivity contribution < 1.29 is 27.5 Å². The minimum absolute atomic E-state index is 0.0921. The second kappa shape index (κ2) is 6.19. The molecule has 0 aliphatic carbocycles. The molecule has 0 fully saturated rings. The summed E-state index contributed by atoms with van der Waals surface area (Å²) in [4.78, 5) is 22.6. The van der Waals surface area contributed by atoms with Crippen LogP contribution in [0.2, 0.25) is 0 Å². The van der Waals surface area contributed by atoms with Crippen LogP contribution < -0.4 is 10.5 Å². The monoisotopic (exact) mass is 374 g/mol. The van der Waals surface area contributed by atoms with E-state index in [4.69, 9.17) is 10.2 Å². The molecule has 0 saturated heterocycles. The van der Waals surface area contributed by atoms with Gasteiger partial charge >= 0.3 is 5.97 Å². The van der Waals surface area contributed by atoms with Gasteiger partial charge in [0.05, 0.1) is 10.5 Å². The number of aromatic carboxylic acids is 1. The summed E-state index contributed by atoms with van der Waals surface area (Å²) >= 11 is 0. The van der Waals surface area contributed by atoms with Crippen LogP contribution in [0.25, 0.3) is 11.0 Å². The Hall–Kier alpha value is -3.33. The maximum absolute atomic E-state index is 12.7. The molecule has 3 rings (SSSR count). The molecule has 9 heteroatoms. The van der Waals surface area contributed by atoms with Crippen molar-refractivity contribution in [2.45, 2.75) is 11.8 Å². The van der Waals surface area contributed by atoms with Crippen LogP contribution in [-0.2, 0) is 10.0 Å². The molecule has 0 radical (unpaired) electrons. The molecule has 134 valence electrons. The SMILES string of the molecule is Cc1ccc(S(=O)(=O)Nc2c(C(N)=O)oc3ccccc23)cc1C(=O)O. The van der Waals surface area contributed by atoms with Crippen LogP contribution >= 0.6 is 0 Å². The third kappa shape index (κ3) is 3.00. The number of fused-ring (bicyclic) bond motifs is 1. The largest absolute Gasteiger partial charge is 0.478 e. The van der Waals surface area contributed by atoms with Crippen molar-refractivity contribution in [3.05, 3.63) is 59.4 Å². The minimum atomic E-state index is -4.18. The summed E-state index contributed by atoms with van der Waals surface area (Å²) in [7, 11) is -4.18. The van der Waals surface area contributed by atoms with E-state index in [2.05, 4.69) is 4.72 Å². The number of carboxylic acid groups (broad SMARTS) is 1. The van der Waals surface area contributed by atoms with Gasteiger partial charge in [-0.15, -0.1) is 0 Å². The highest BCUT2D eigenvalue weighted by Crippen LogP contribution is 2.32. The quantitative estimate of drug-likeness (QED) is 0.626. The number of furan rings is 1. The molecule has 0 spiro atoms. The summed E-state index contributed by atoms with van der Waals surface area (Å²) in [6, 6.07) is 10.2. The second-order valence-corrected chi connectivity index (χ2v) is 7.24. The van der Waals surface area contributed by atoms with Crippen LogP contribution in [0.5, 0.6) is 0 Å². The lowest BCUT2D eigenvalue weighted by atomic mass is 10.1. The molecule has 0 atom stereocenters. The number of para-hydroxylation sites is 1. The predicted molar refractivity (Wildman–Crippen MR) is 93.7 cm³/mol. The fourth-order valence-electron chi connectivity index (χ4n) is 2.51. The van der Waals surface area contributed by atoms with E-state index in [9.17, 15) is 23.1 Å². The zero-order valence-electron chi connectivity index (χ0n) is 13.5. The van der Waals surface area contributed by atoms with E-state index in [0.717, 1.165) is 6.07 Å². The van der Waals surface area contributed by atoms with Crippen molar-refractivity contribution in [2.24, 2.45) is 5.73 Å². The van der Waals surface area contributed by atoms with Crippen LogP contribution in [0.4, 0.5) is 5.69 Å². The fraction of sp³-hybridized carbons (Fsp3) is 0.0588. The van der Waals surface area contributed by atoms with Gasteiger partial charge in [-0.3, -0.25) is 9.52 Å². The Balaban J connectivity index is 2.13. The number of benzene rings is 2. The number of anilines is 1. The smallest absolute Gasteiger partial charge is 0.335 e. The van der Waals surface area contributed by atoms with E-state index in [0.29, 0.717) is 10.9 Å². The zero-order valence-corrected chi connectivity index (χ0v) is 14.3. The number of hydrogen-bond donors (Lipinski definition) is 3. The van der Waals surface area contributed by atoms with Crippen LogP contribution in [0.1, 0.15) is 26.5 Å². The second-order valence-electron chi connectivity index (χ2n) is 5.55. The van der Waals surface area contributed by atoms with Crippen molar-refractivity contribution in [2.75, 3.05) is 4.72 Å². The van der Waals surface area contributed by atoms with Crippen molar-refractivity contribution in [1.29, 1.82) is 0 Å². The summed E-state index contributed by atoms with van der Waals surface area (Å²) < 4.78 is 33.0. The maximum Gasteiger partial charge on any atom is 0.335 e. The van der Waals surface area contributed by atoms with Gasteiger partial charge in [0, 0.05) is 5.39 Å². The highest BCUT2D eigenvalue weighted by molar-refractivity contribution is 7.92. The summed E-state index contributed by atoms with van der Waals surface area (Å²) in [5.41, 5.74) is 5.75. The van der Waals surface area contributed by atoms with Crippen molar-refractivity contribution >= 4 is 38.6 Å². The highest BCUT2D eigenvalue weighted by atomic mass is 32.2. The molecule has 2 aromatic carbocycles. The number of rotatable bonds is 5. The van der Waals surface area contributed by atoms with E-state index in [1.165, 1.54) is 12.1 Å². The molecular formula is C17H14N2O6S. The van der Waals surface area contributed by atoms with Gasteiger partial charge in [0.1, 0.15) is 11.3 Å². The summed E-state index contributed by atoms with van der Waals surface area (Å²) in [6.07, 6.45) is 0. The first-order valence-electron chi connectivity index (χ1n) is 7.39. The Bertz CT molecular complexity index is 1150. The summed E-state index contributed by atoms with van der Waals surface area (Å²) in [5.74, 6) is -2.51. The molecule has 1 heterocycles. The van der Waals surface area contributed by atoms with E-state index >= 15 is 0 Å². The molecule has 0 saturated carbocycles. The van der Waals surface area contributed by atoms with Gasteiger partial charge in [-0.2, -0.15) is 0 Å². The number of carbonyl (C=O) groups excluding carboxylic acids is 1. The molecule has 1 amide bonds. The number of carbonyl (C=O) groups is 2. The molecule has 0 unspecified atom stereocenters. The first kappa shape index (κ1) is 17.5. The predicted octanol–water partition coefficient (Wildman–Crippen LogP) is 2.34. The molecule has 26 heavy (non-hydrogen) atoms. The Labute approximate surface area is 148 Å². The lowest BCUT2D eigenvalue weighted by Crippen LogP contribution is -2.18. The lowest BCUT2D eigenvalue weighted by molar-refractivity contribution is 0.0695. The third-order valence-electron chi connectivity index (χ3n) is 3.81. The van der Waals surface area contributed by atoms with Crippen LogP contribution in [0.3, 0.4) is 0 Å². The molecule has 8 nitrogen and oxygen atoms in total. The van der Waals surface area contributed by atoms with E-state index in [-0.39, 0.29) is 27.5 Å². The Morgan fingerprint density at radius 3 is 2.50 bits per heavy atom. The Morgan fingerprint density at radius 2 is 1.85 bits per heavy atom. The normalized spacial score (nSPS) is 11.4. The number of primary amides is 1. The first-order chi connectivity index (χ1) is 12.2. The van der Waals surface area contributed by atoms with Gasteiger partial charge in [-0.25, -0.2) is 13.2 Å². The molecule has 3 aromatic rings. The third-order valence-corrected chi connectivity index (χ3v) is 5.15. The number of aryl methyl sites for hydroxylation is 1. The molecule has 0 aliphatic heterocycles. The van der Waals surface area contributed by atoms with E-state index in [1.807, 2.05) is 0 Å². The van der Waals surface area contributed by atoms with E-state index in [1.54, 1.807) is 31.2 Å². The minimum Gasteiger partial charge on any atom is -0.478 e. The van der Waals surface area contributed by atoms with Gasteiger partial charge in [-0.05, 0) is 36.8 Å². The number of carboxylic acids is 1. The molecule has 4 N–H and O–H groups in total. The van der Waals surface area contributed by atoms with Gasteiger partial charge in [0.25, 0.3) is 15.9 Å². The molecule has 0 bridgehead atoms. The lowest BCUT2D eigenvalue weighted by Gasteiger charge is -2.09. The standard InChI is InChI=1S/C17H14N2O6S/c1-9-6-7-10(8-12(9)17(21)22)26(23,24)19-14-11-4-2-3-5-13(11)25-15(14)16(18)20/h2-8,19H,1H3,(H2,18,20)(H,21,22). The summed E-state index contributed by atoms with van der Waals surface area (Å²) in [5, 5.41) is 9.54. The average molecular weight is 374 g/mol. The number of hydrogen-bond acceptors (Lipinski definition) is 5. The number of amides is 1. The van der Waals surface area contributed by atoms with Crippen molar-refractivity contribution in [1.82, 2.24) is 0 Å². The van der Waals surface area contributed by atoms with Crippen molar-refractivity contribution in [3.63, 3.8) is 0 Å². The fourth-order valence-corrected chi connectivity index (χ4v) is 3.62. The molecule has 0 aliphatic rings. The first-order valence-corrected chi connectivity index (χ1v) is 8.87. The Kier molecular flexibility index (Phi) is 4.17. The van der Waals surface area contributed by atoms with Gasteiger partial charge < -0.3 is 15.3 Å². The number of nitrogens with two attached hydrogens (primary N) is 1. The van der Waals surface area contributed by atoms with Crippen LogP contribution in [-0.4, -0.2) is 25.4 Å². The van der Waals surface area contributed by atoms with Gasteiger partial charge in [-0.1, -0.05) is 18.2 Å². The topological polar surface area (TPSA) is 140 Å². The van der Waals surface area contributed by atoms with Crippen LogP contribution in [0.15, 0.2) is 51.8 Å². The van der Waals surface area contributed by atoms with Crippen LogP contribution in [0, 0.1) is 6.92 Å². The average Bonchev–Trinajstić information content (AvgIpc) is 2.93. The van der Waals surface area contributed by atoms with Crippen molar-refractivity contribution in [3.8, 4) is 0 Å². The van der Waals surface area contributed by atoms with Gasteiger partial charge in [0.15, 0.2) is 0 Å². The molecule has 1 aromatic heterocycles. The summed E-state index contributed by atoms with van der Waals surface area (Å²) in [6.45, 7) is 1.56. The van der Waals surface area contributed by atoms with Gasteiger partial charge in [0.2, 0.25) is 5.76 Å².